The summed E-state index contributed by atoms with van der Waals surface area (Å²) in [7, 11) is 0. The van der Waals surface area contributed by atoms with E-state index in [1.54, 1.807) is 0 Å². The first-order chi connectivity index (χ1) is 13.3. The van der Waals surface area contributed by atoms with Crippen molar-refractivity contribution in [2.45, 2.75) is 57.4 Å². The van der Waals surface area contributed by atoms with E-state index in [1.807, 2.05) is 12.1 Å². The fourth-order valence-electron chi connectivity index (χ4n) is 4.54. The number of amides is 1. The molecule has 0 unspecified atom stereocenters. The van der Waals surface area contributed by atoms with Gasteiger partial charge in [-0.2, -0.15) is 0 Å². The highest BCUT2D eigenvalue weighted by molar-refractivity contribution is 5.99. The summed E-state index contributed by atoms with van der Waals surface area (Å²) >= 11 is 0. The average molecular weight is 372 g/mol. The van der Waals surface area contributed by atoms with Gasteiger partial charge in [0, 0.05) is 45.3 Å². The van der Waals surface area contributed by atoms with E-state index in [2.05, 4.69) is 20.4 Å². The van der Waals surface area contributed by atoms with Crippen molar-refractivity contribution in [3.63, 3.8) is 0 Å². The monoisotopic (exact) mass is 371 g/mol. The number of hydrogen-bond acceptors (Lipinski definition) is 5. The van der Waals surface area contributed by atoms with Crippen molar-refractivity contribution in [3.8, 4) is 0 Å². The third kappa shape index (κ3) is 4.54. The SMILES string of the molecule is O=C(NC1CCCCC1)c1ccc(N2CCCCC2)nc1N1CCNCC1. The molecule has 148 valence electrons. The molecule has 1 aromatic rings. The van der Waals surface area contributed by atoms with Gasteiger partial charge in [0.15, 0.2) is 0 Å². The van der Waals surface area contributed by atoms with Gasteiger partial charge in [-0.05, 0) is 44.2 Å². The van der Waals surface area contributed by atoms with E-state index in [-0.39, 0.29) is 5.91 Å². The Kier molecular flexibility index (Phi) is 6.12. The second-order valence-corrected chi connectivity index (χ2v) is 8.13. The minimum absolute atomic E-state index is 0.0492. The lowest BCUT2D eigenvalue weighted by atomic mass is 9.95. The van der Waals surface area contributed by atoms with Crippen molar-refractivity contribution in [2.75, 3.05) is 49.1 Å². The molecule has 3 heterocycles. The van der Waals surface area contributed by atoms with E-state index in [4.69, 9.17) is 4.98 Å². The molecule has 0 radical (unpaired) electrons. The Morgan fingerprint density at radius 2 is 1.63 bits per heavy atom. The zero-order chi connectivity index (χ0) is 18.5. The number of hydrogen-bond donors (Lipinski definition) is 2. The molecule has 4 rings (SSSR count). The molecule has 2 aliphatic heterocycles. The van der Waals surface area contributed by atoms with Crippen LogP contribution in [0.2, 0.25) is 0 Å². The zero-order valence-electron chi connectivity index (χ0n) is 16.4. The van der Waals surface area contributed by atoms with E-state index in [0.717, 1.165) is 69.3 Å². The molecule has 27 heavy (non-hydrogen) atoms. The number of piperazine rings is 1. The normalized spacial score (nSPS) is 21.9. The fourth-order valence-corrected chi connectivity index (χ4v) is 4.54. The summed E-state index contributed by atoms with van der Waals surface area (Å²) in [6, 6.07) is 4.38. The molecule has 0 bridgehead atoms. The molecule has 0 spiro atoms. The maximum absolute atomic E-state index is 13.1. The van der Waals surface area contributed by atoms with Gasteiger partial charge in [-0.15, -0.1) is 0 Å². The number of aromatic nitrogens is 1. The van der Waals surface area contributed by atoms with Crippen molar-refractivity contribution >= 4 is 17.5 Å². The van der Waals surface area contributed by atoms with Gasteiger partial charge in [0.2, 0.25) is 0 Å². The molecule has 0 atom stereocenters. The number of rotatable bonds is 4. The van der Waals surface area contributed by atoms with Crippen LogP contribution in [-0.2, 0) is 0 Å². The van der Waals surface area contributed by atoms with Gasteiger partial charge in [-0.3, -0.25) is 4.79 Å². The molecule has 3 aliphatic rings. The molecule has 2 N–H and O–H groups in total. The predicted molar refractivity (Wildman–Crippen MR) is 110 cm³/mol. The molecule has 1 aromatic heterocycles. The van der Waals surface area contributed by atoms with Gasteiger partial charge in [0.1, 0.15) is 11.6 Å². The molecule has 2 saturated heterocycles. The topological polar surface area (TPSA) is 60.5 Å². The standard InChI is InChI=1S/C21H33N5O/c27-21(23-17-7-3-1-4-8-17)18-9-10-19(25-13-5-2-6-14-25)24-20(18)26-15-11-22-12-16-26/h9-10,17,22H,1-8,11-16H2,(H,23,27). The van der Waals surface area contributed by atoms with Gasteiger partial charge < -0.3 is 20.4 Å². The molecular formula is C21H33N5O. The van der Waals surface area contributed by atoms with Crippen LogP contribution in [-0.4, -0.2) is 56.2 Å². The number of pyridine rings is 1. The lowest BCUT2D eigenvalue weighted by Crippen LogP contribution is -2.45. The molecule has 1 saturated carbocycles. The first-order valence-corrected chi connectivity index (χ1v) is 10.8. The summed E-state index contributed by atoms with van der Waals surface area (Å²) in [5.41, 5.74) is 0.739. The molecule has 0 aromatic carbocycles. The Labute approximate surface area is 162 Å². The Morgan fingerprint density at radius 3 is 2.37 bits per heavy atom. The first-order valence-electron chi connectivity index (χ1n) is 10.8. The Morgan fingerprint density at radius 1 is 0.926 bits per heavy atom. The third-order valence-electron chi connectivity index (χ3n) is 6.14. The summed E-state index contributed by atoms with van der Waals surface area (Å²) < 4.78 is 0. The van der Waals surface area contributed by atoms with E-state index in [0.29, 0.717) is 6.04 Å². The number of carbonyl (C=O) groups is 1. The van der Waals surface area contributed by atoms with Gasteiger partial charge in [0.05, 0.1) is 5.56 Å². The molecule has 1 aliphatic carbocycles. The van der Waals surface area contributed by atoms with Crippen LogP contribution in [0, 0.1) is 0 Å². The smallest absolute Gasteiger partial charge is 0.255 e. The molecule has 1 amide bonds. The lowest BCUT2D eigenvalue weighted by Gasteiger charge is -2.33. The Balaban J connectivity index is 1.57. The van der Waals surface area contributed by atoms with E-state index >= 15 is 0 Å². The summed E-state index contributed by atoms with van der Waals surface area (Å²) in [4.78, 5) is 22.7. The minimum atomic E-state index is 0.0492. The van der Waals surface area contributed by atoms with Crippen LogP contribution in [0.1, 0.15) is 61.7 Å². The van der Waals surface area contributed by atoms with E-state index < -0.39 is 0 Å². The van der Waals surface area contributed by atoms with Crippen LogP contribution >= 0.6 is 0 Å². The first kappa shape index (κ1) is 18.5. The quantitative estimate of drug-likeness (QED) is 0.852. The number of anilines is 2. The molecule has 6 nitrogen and oxygen atoms in total. The van der Waals surface area contributed by atoms with Crippen molar-refractivity contribution in [1.29, 1.82) is 0 Å². The van der Waals surface area contributed by atoms with Crippen molar-refractivity contribution in [1.82, 2.24) is 15.6 Å². The second-order valence-electron chi connectivity index (χ2n) is 8.13. The Hall–Kier alpha value is -1.82. The fraction of sp³-hybridized carbons (Fsp3) is 0.714. The second kappa shape index (κ2) is 8.91. The highest BCUT2D eigenvalue weighted by atomic mass is 16.1. The minimum Gasteiger partial charge on any atom is -0.357 e. The van der Waals surface area contributed by atoms with E-state index in [1.165, 1.54) is 38.5 Å². The summed E-state index contributed by atoms with van der Waals surface area (Å²) in [6.45, 7) is 5.84. The number of carbonyl (C=O) groups excluding carboxylic acids is 1. The number of nitrogens with one attached hydrogen (secondary N) is 2. The summed E-state index contributed by atoms with van der Waals surface area (Å²) in [5, 5.41) is 6.68. The summed E-state index contributed by atoms with van der Waals surface area (Å²) in [6.07, 6.45) is 9.72. The number of nitrogens with zero attached hydrogens (tertiary/aromatic N) is 3. The highest BCUT2D eigenvalue weighted by Gasteiger charge is 2.24. The van der Waals surface area contributed by atoms with Crippen LogP contribution in [0.4, 0.5) is 11.6 Å². The highest BCUT2D eigenvalue weighted by Crippen LogP contribution is 2.26. The molecule has 3 fully saturated rings. The maximum atomic E-state index is 13.1. The molecular weight excluding hydrogens is 338 g/mol. The largest absolute Gasteiger partial charge is 0.357 e. The molecule has 6 heteroatoms. The van der Waals surface area contributed by atoms with Crippen molar-refractivity contribution < 1.29 is 4.79 Å². The van der Waals surface area contributed by atoms with Crippen molar-refractivity contribution in [3.05, 3.63) is 17.7 Å². The van der Waals surface area contributed by atoms with Crippen LogP contribution in [0.3, 0.4) is 0 Å². The Bertz CT molecular complexity index is 631. The lowest BCUT2D eigenvalue weighted by molar-refractivity contribution is 0.0928. The number of piperidine rings is 1. The van der Waals surface area contributed by atoms with Crippen LogP contribution in [0.25, 0.3) is 0 Å². The van der Waals surface area contributed by atoms with Gasteiger partial charge in [0.25, 0.3) is 5.91 Å². The summed E-state index contributed by atoms with van der Waals surface area (Å²) in [5.74, 6) is 1.94. The zero-order valence-corrected chi connectivity index (χ0v) is 16.4. The van der Waals surface area contributed by atoms with Crippen molar-refractivity contribution in [2.24, 2.45) is 0 Å². The van der Waals surface area contributed by atoms with Gasteiger partial charge in [-0.1, -0.05) is 19.3 Å². The van der Waals surface area contributed by atoms with Crippen LogP contribution in [0.15, 0.2) is 12.1 Å². The van der Waals surface area contributed by atoms with Crippen LogP contribution < -0.4 is 20.4 Å². The van der Waals surface area contributed by atoms with Crippen LogP contribution in [0.5, 0.6) is 0 Å². The van der Waals surface area contributed by atoms with Gasteiger partial charge in [-0.25, -0.2) is 4.98 Å². The maximum Gasteiger partial charge on any atom is 0.255 e. The van der Waals surface area contributed by atoms with E-state index in [9.17, 15) is 4.79 Å². The average Bonchev–Trinajstić information content (AvgIpc) is 2.75. The van der Waals surface area contributed by atoms with Gasteiger partial charge >= 0.3 is 0 Å². The third-order valence-corrected chi connectivity index (χ3v) is 6.14. The predicted octanol–water partition coefficient (Wildman–Crippen LogP) is 2.54.